The smallest absolute Gasteiger partial charge is 0.417 e. The van der Waals surface area contributed by atoms with Crippen LogP contribution < -0.4 is 5.32 Å². The number of anilines is 2. The number of alkyl halides is 3. The van der Waals surface area contributed by atoms with Gasteiger partial charge in [-0.1, -0.05) is 11.6 Å². The number of hydrogen-bond donors (Lipinski definition) is 1. The molecule has 0 saturated heterocycles. The van der Waals surface area contributed by atoms with Gasteiger partial charge in [0.2, 0.25) is 0 Å². The average Bonchev–Trinajstić information content (AvgIpc) is 2.89. The standard InChI is InChI=1S/C13H7ClF3N3O/c14-9-2-1-7(5-8(9)13(15,16)17)20-12-11-10(3-4-21-11)18-6-19-12/h1-6H,(H,18,19,20). The van der Waals surface area contributed by atoms with Crippen LogP contribution in [0.25, 0.3) is 11.1 Å². The van der Waals surface area contributed by atoms with Crippen LogP contribution in [0, 0.1) is 0 Å². The molecule has 3 rings (SSSR count). The maximum absolute atomic E-state index is 12.8. The first kappa shape index (κ1) is 13.7. The van der Waals surface area contributed by atoms with E-state index in [1.165, 1.54) is 24.7 Å². The highest BCUT2D eigenvalue weighted by molar-refractivity contribution is 6.31. The summed E-state index contributed by atoms with van der Waals surface area (Å²) in [4.78, 5) is 7.93. The van der Waals surface area contributed by atoms with E-state index in [0.717, 1.165) is 6.07 Å². The van der Waals surface area contributed by atoms with Crippen molar-refractivity contribution in [3.05, 3.63) is 47.4 Å². The molecule has 1 aromatic carbocycles. The summed E-state index contributed by atoms with van der Waals surface area (Å²) in [6.45, 7) is 0. The Hall–Kier alpha value is -2.28. The van der Waals surface area contributed by atoms with E-state index in [2.05, 4.69) is 15.3 Å². The zero-order chi connectivity index (χ0) is 15.0. The van der Waals surface area contributed by atoms with Crippen molar-refractivity contribution in [1.29, 1.82) is 0 Å². The Kier molecular flexibility index (Phi) is 3.21. The summed E-state index contributed by atoms with van der Waals surface area (Å²) < 4.78 is 43.7. The lowest BCUT2D eigenvalue weighted by atomic mass is 10.2. The monoisotopic (exact) mass is 313 g/mol. The van der Waals surface area contributed by atoms with Crippen LogP contribution in [-0.2, 0) is 6.18 Å². The van der Waals surface area contributed by atoms with Crippen LogP contribution in [0.4, 0.5) is 24.7 Å². The van der Waals surface area contributed by atoms with Gasteiger partial charge in [-0.15, -0.1) is 0 Å². The minimum atomic E-state index is -4.53. The zero-order valence-corrected chi connectivity index (χ0v) is 11.0. The predicted molar refractivity (Wildman–Crippen MR) is 71.5 cm³/mol. The minimum Gasteiger partial charge on any atom is -0.459 e. The molecule has 0 aliphatic rings. The van der Waals surface area contributed by atoms with Gasteiger partial charge in [-0.2, -0.15) is 13.2 Å². The summed E-state index contributed by atoms with van der Waals surface area (Å²) in [5.41, 5.74) is 0.195. The van der Waals surface area contributed by atoms with E-state index in [0.29, 0.717) is 11.1 Å². The Bertz CT molecular complexity index is 801. The van der Waals surface area contributed by atoms with E-state index < -0.39 is 11.7 Å². The van der Waals surface area contributed by atoms with Crippen molar-refractivity contribution >= 4 is 34.2 Å². The number of nitrogens with one attached hydrogen (secondary N) is 1. The van der Waals surface area contributed by atoms with E-state index in [1.54, 1.807) is 6.07 Å². The van der Waals surface area contributed by atoms with E-state index in [-0.39, 0.29) is 16.5 Å². The summed E-state index contributed by atoms with van der Waals surface area (Å²) in [5, 5.41) is 2.41. The van der Waals surface area contributed by atoms with Crippen LogP contribution in [0.15, 0.2) is 41.3 Å². The molecular formula is C13H7ClF3N3O. The molecule has 0 fully saturated rings. The SMILES string of the molecule is FC(F)(F)c1cc(Nc2ncnc3ccoc23)ccc1Cl. The average molecular weight is 314 g/mol. The first-order chi connectivity index (χ1) is 9.95. The summed E-state index contributed by atoms with van der Waals surface area (Å²) in [6.07, 6.45) is -1.81. The highest BCUT2D eigenvalue weighted by atomic mass is 35.5. The van der Waals surface area contributed by atoms with Crippen molar-refractivity contribution in [3.63, 3.8) is 0 Å². The molecule has 21 heavy (non-hydrogen) atoms. The Morgan fingerprint density at radius 2 is 1.95 bits per heavy atom. The molecule has 0 unspecified atom stereocenters. The van der Waals surface area contributed by atoms with Crippen molar-refractivity contribution in [2.75, 3.05) is 5.32 Å². The van der Waals surface area contributed by atoms with Crippen LogP contribution in [0.2, 0.25) is 5.02 Å². The minimum absolute atomic E-state index is 0.197. The maximum Gasteiger partial charge on any atom is 0.417 e. The topological polar surface area (TPSA) is 51.0 Å². The first-order valence-corrected chi connectivity index (χ1v) is 6.15. The summed E-state index contributed by atoms with van der Waals surface area (Å²) >= 11 is 5.57. The second-order valence-corrected chi connectivity index (χ2v) is 4.58. The molecule has 0 atom stereocenters. The molecule has 0 aliphatic heterocycles. The van der Waals surface area contributed by atoms with Crippen LogP contribution >= 0.6 is 11.6 Å². The summed E-state index contributed by atoms with van der Waals surface area (Å²) in [7, 11) is 0. The van der Waals surface area contributed by atoms with E-state index >= 15 is 0 Å². The number of rotatable bonds is 2. The number of fused-ring (bicyclic) bond motifs is 1. The number of furan rings is 1. The molecule has 0 bridgehead atoms. The molecule has 0 spiro atoms. The normalized spacial score (nSPS) is 11.8. The Labute approximate surface area is 121 Å². The van der Waals surface area contributed by atoms with Gasteiger partial charge in [-0.05, 0) is 18.2 Å². The second-order valence-electron chi connectivity index (χ2n) is 4.17. The Morgan fingerprint density at radius 3 is 2.71 bits per heavy atom. The number of benzene rings is 1. The van der Waals surface area contributed by atoms with Gasteiger partial charge in [0.1, 0.15) is 11.8 Å². The third kappa shape index (κ3) is 2.64. The fourth-order valence-corrected chi connectivity index (χ4v) is 2.06. The predicted octanol–water partition coefficient (Wildman–Crippen LogP) is 4.64. The number of hydrogen-bond acceptors (Lipinski definition) is 4. The maximum atomic E-state index is 12.8. The highest BCUT2D eigenvalue weighted by Crippen LogP contribution is 2.37. The lowest BCUT2D eigenvalue weighted by Crippen LogP contribution is -2.06. The van der Waals surface area contributed by atoms with Gasteiger partial charge < -0.3 is 9.73 Å². The Morgan fingerprint density at radius 1 is 1.14 bits per heavy atom. The number of halogens is 4. The van der Waals surface area contributed by atoms with Gasteiger partial charge in [-0.3, -0.25) is 0 Å². The summed E-state index contributed by atoms with van der Waals surface area (Å²) in [6, 6.07) is 5.14. The third-order valence-electron chi connectivity index (χ3n) is 2.78. The van der Waals surface area contributed by atoms with Gasteiger partial charge in [0.05, 0.1) is 16.8 Å². The number of aromatic nitrogens is 2. The van der Waals surface area contributed by atoms with Crippen molar-refractivity contribution < 1.29 is 17.6 Å². The van der Waals surface area contributed by atoms with Gasteiger partial charge >= 0.3 is 6.18 Å². The molecule has 1 N–H and O–H groups in total. The fourth-order valence-electron chi connectivity index (χ4n) is 1.83. The molecule has 4 nitrogen and oxygen atoms in total. The van der Waals surface area contributed by atoms with Crippen LogP contribution in [-0.4, -0.2) is 9.97 Å². The largest absolute Gasteiger partial charge is 0.459 e. The molecule has 0 radical (unpaired) electrons. The van der Waals surface area contributed by atoms with Gasteiger partial charge in [0.15, 0.2) is 11.4 Å². The zero-order valence-electron chi connectivity index (χ0n) is 10.3. The molecule has 8 heteroatoms. The van der Waals surface area contributed by atoms with E-state index in [1.807, 2.05) is 0 Å². The van der Waals surface area contributed by atoms with Crippen molar-refractivity contribution in [2.24, 2.45) is 0 Å². The lowest BCUT2D eigenvalue weighted by Gasteiger charge is -2.12. The molecule has 2 aromatic heterocycles. The Balaban J connectivity index is 2.01. The molecule has 0 aliphatic carbocycles. The molecule has 0 saturated carbocycles. The molecule has 3 aromatic rings. The lowest BCUT2D eigenvalue weighted by molar-refractivity contribution is -0.137. The van der Waals surface area contributed by atoms with Crippen molar-refractivity contribution in [2.45, 2.75) is 6.18 Å². The highest BCUT2D eigenvalue weighted by Gasteiger charge is 2.33. The van der Waals surface area contributed by atoms with Crippen LogP contribution in [0.3, 0.4) is 0 Å². The first-order valence-electron chi connectivity index (χ1n) is 5.77. The molecule has 2 heterocycles. The van der Waals surface area contributed by atoms with Crippen molar-refractivity contribution in [3.8, 4) is 0 Å². The van der Waals surface area contributed by atoms with Gasteiger partial charge in [0.25, 0.3) is 0 Å². The molecular weight excluding hydrogens is 307 g/mol. The van der Waals surface area contributed by atoms with Gasteiger partial charge in [-0.25, -0.2) is 9.97 Å². The van der Waals surface area contributed by atoms with E-state index in [4.69, 9.17) is 16.0 Å². The van der Waals surface area contributed by atoms with Crippen LogP contribution in [0.1, 0.15) is 5.56 Å². The quantitative estimate of drug-likeness (QED) is 0.749. The van der Waals surface area contributed by atoms with Gasteiger partial charge in [0, 0.05) is 11.8 Å². The molecule has 108 valence electrons. The van der Waals surface area contributed by atoms with Crippen molar-refractivity contribution in [1.82, 2.24) is 9.97 Å². The van der Waals surface area contributed by atoms with Crippen LogP contribution in [0.5, 0.6) is 0 Å². The fraction of sp³-hybridized carbons (Fsp3) is 0.0769. The third-order valence-corrected chi connectivity index (χ3v) is 3.11. The second kappa shape index (κ2) is 4.92. The van der Waals surface area contributed by atoms with E-state index in [9.17, 15) is 13.2 Å². The summed E-state index contributed by atoms with van der Waals surface area (Å²) in [5.74, 6) is 0.278. The molecule has 0 amide bonds. The number of nitrogens with zero attached hydrogens (tertiary/aromatic N) is 2.